The van der Waals surface area contributed by atoms with Crippen molar-refractivity contribution in [3.8, 4) is 11.5 Å². The summed E-state index contributed by atoms with van der Waals surface area (Å²) < 4.78 is 11.6. The second-order valence-corrected chi connectivity index (χ2v) is 7.02. The van der Waals surface area contributed by atoms with E-state index in [0.717, 1.165) is 41.7 Å². The van der Waals surface area contributed by atoms with Gasteiger partial charge in [-0.3, -0.25) is 10.1 Å². The number of H-pyrrole nitrogens is 1. The van der Waals surface area contributed by atoms with Crippen LogP contribution < -0.4 is 10.1 Å². The number of hydrogen-bond acceptors (Lipinski definition) is 6. The van der Waals surface area contributed by atoms with Gasteiger partial charge in [-0.15, -0.1) is 0 Å². The Morgan fingerprint density at radius 2 is 2.21 bits per heavy atom. The van der Waals surface area contributed by atoms with Crippen LogP contribution in [0.15, 0.2) is 42.7 Å². The summed E-state index contributed by atoms with van der Waals surface area (Å²) in [6.07, 6.45) is 4.30. The topological polar surface area (TPSA) is 84.9 Å². The van der Waals surface area contributed by atoms with Gasteiger partial charge < -0.3 is 14.8 Å². The van der Waals surface area contributed by atoms with Crippen LogP contribution in [0.1, 0.15) is 35.6 Å². The van der Waals surface area contributed by atoms with E-state index in [1.807, 2.05) is 18.2 Å². The SMILES string of the molecule is CCc1nc([C@@H]2COC[C@@H]2NCc2ccc(Oc3cccnc3)c(C)c2)n[nH]1. The van der Waals surface area contributed by atoms with Crippen molar-refractivity contribution >= 4 is 0 Å². The lowest BCUT2D eigenvalue weighted by molar-refractivity contribution is 0.187. The molecule has 1 aromatic carbocycles. The van der Waals surface area contributed by atoms with Crippen molar-refractivity contribution < 1.29 is 9.47 Å². The molecule has 3 aromatic rings. The second kappa shape index (κ2) is 8.50. The normalized spacial score (nSPS) is 19.1. The van der Waals surface area contributed by atoms with E-state index in [4.69, 9.17) is 9.47 Å². The van der Waals surface area contributed by atoms with Crippen LogP contribution in [0.25, 0.3) is 0 Å². The Morgan fingerprint density at radius 1 is 1.29 bits per heavy atom. The molecule has 4 rings (SSSR count). The van der Waals surface area contributed by atoms with Gasteiger partial charge >= 0.3 is 0 Å². The summed E-state index contributed by atoms with van der Waals surface area (Å²) in [4.78, 5) is 8.65. The van der Waals surface area contributed by atoms with Crippen molar-refractivity contribution in [2.75, 3.05) is 13.2 Å². The lowest BCUT2D eigenvalue weighted by atomic mass is 10.0. The number of ether oxygens (including phenoxy) is 2. The van der Waals surface area contributed by atoms with E-state index in [1.165, 1.54) is 5.56 Å². The third-order valence-electron chi connectivity index (χ3n) is 4.97. The van der Waals surface area contributed by atoms with E-state index in [-0.39, 0.29) is 12.0 Å². The molecule has 0 bridgehead atoms. The van der Waals surface area contributed by atoms with Crippen LogP contribution >= 0.6 is 0 Å². The molecular formula is C21H25N5O2. The summed E-state index contributed by atoms with van der Waals surface area (Å²) in [7, 11) is 0. The maximum Gasteiger partial charge on any atom is 0.157 e. The van der Waals surface area contributed by atoms with Gasteiger partial charge in [-0.1, -0.05) is 19.1 Å². The predicted octanol–water partition coefficient (Wildman–Crippen LogP) is 3.14. The van der Waals surface area contributed by atoms with Crippen LogP contribution in [-0.4, -0.2) is 39.4 Å². The molecule has 1 saturated heterocycles. The highest BCUT2D eigenvalue weighted by atomic mass is 16.5. The molecule has 28 heavy (non-hydrogen) atoms. The highest BCUT2D eigenvalue weighted by molar-refractivity contribution is 5.39. The fourth-order valence-electron chi connectivity index (χ4n) is 3.36. The van der Waals surface area contributed by atoms with Crippen molar-refractivity contribution in [1.82, 2.24) is 25.5 Å². The van der Waals surface area contributed by atoms with Crippen molar-refractivity contribution in [2.45, 2.75) is 38.8 Å². The number of hydrogen-bond donors (Lipinski definition) is 2. The van der Waals surface area contributed by atoms with E-state index in [0.29, 0.717) is 13.2 Å². The van der Waals surface area contributed by atoms with Crippen molar-refractivity contribution in [2.24, 2.45) is 0 Å². The molecular weight excluding hydrogens is 354 g/mol. The monoisotopic (exact) mass is 379 g/mol. The van der Waals surface area contributed by atoms with Crippen LogP contribution in [0.3, 0.4) is 0 Å². The molecule has 0 unspecified atom stereocenters. The molecule has 3 heterocycles. The first-order valence-corrected chi connectivity index (χ1v) is 9.62. The zero-order chi connectivity index (χ0) is 19.3. The minimum Gasteiger partial charge on any atom is -0.455 e. The van der Waals surface area contributed by atoms with Crippen molar-refractivity contribution in [3.05, 3.63) is 65.5 Å². The molecule has 2 atom stereocenters. The van der Waals surface area contributed by atoms with Gasteiger partial charge in [0.05, 0.1) is 25.3 Å². The lowest BCUT2D eigenvalue weighted by Crippen LogP contribution is -2.34. The number of aryl methyl sites for hydroxylation is 2. The van der Waals surface area contributed by atoms with Gasteiger partial charge in [-0.2, -0.15) is 5.10 Å². The van der Waals surface area contributed by atoms with Crippen molar-refractivity contribution in [3.63, 3.8) is 0 Å². The highest BCUT2D eigenvalue weighted by Crippen LogP contribution is 2.26. The second-order valence-electron chi connectivity index (χ2n) is 7.02. The molecule has 0 radical (unpaired) electrons. The third kappa shape index (κ3) is 4.21. The van der Waals surface area contributed by atoms with Gasteiger partial charge in [0, 0.05) is 25.2 Å². The van der Waals surface area contributed by atoms with Crippen LogP contribution in [0.5, 0.6) is 11.5 Å². The maximum absolute atomic E-state index is 5.91. The third-order valence-corrected chi connectivity index (χ3v) is 4.97. The molecule has 7 nitrogen and oxygen atoms in total. The van der Waals surface area contributed by atoms with Crippen molar-refractivity contribution in [1.29, 1.82) is 0 Å². The smallest absolute Gasteiger partial charge is 0.157 e. The Morgan fingerprint density at radius 3 is 2.96 bits per heavy atom. The molecule has 146 valence electrons. The summed E-state index contributed by atoms with van der Waals surface area (Å²) in [5, 5.41) is 11.0. The molecule has 0 amide bonds. The first-order chi connectivity index (χ1) is 13.7. The Bertz CT molecular complexity index is 912. The van der Waals surface area contributed by atoms with E-state index in [1.54, 1.807) is 12.4 Å². The number of aromatic nitrogens is 4. The van der Waals surface area contributed by atoms with E-state index in [2.05, 4.69) is 51.5 Å². The first-order valence-electron chi connectivity index (χ1n) is 9.62. The first kappa shape index (κ1) is 18.6. The van der Waals surface area contributed by atoms with Gasteiger partial charge in [-0.05, 0) is 36.2 Å². The molecule has 1 aliphatic heterocycles. The minimum atomic E-state index is 0.172. The molecule has 1 aliphatic rings. The maximum atomic E-state index is 5.91. The van der Waals surface area contributed by atoms with Crippen LogP contribution in [-0.2, 0) is 17.7 Å². The molecule has 0 saturated carbocycles. The Balaban J connectivity index is 1.38. The lowest BCUT2D eigenvalue weighted by Gasteiger charge is -2.17. The van der Waals surface area contributed by atoms with Gasteiger partial charge in [0.25, 0.3) is 0 Å². The number of nitrogens with one attached hydrogen (secondary N) is 2. The largest absolute Gasteiger partial charge is 0.455 e. The molecule has 0 spiro atoms. The summed E-state index contributed by atoms with van der Waals surface area (Å²) in [6, 6.07) is 10.2. The zero-order valence-corrected chi connectivity index (χ0v) is 16.2. The molecule has 1 fully saturated rings. The average Bonchev–Trinajstić information content (AvgIpc) is 3.38. The summed E-state index contributed by atoms with van der Waals surface area (Å²) in [5.41, 5.74) is 2.29. The minimum absolute atomic E-state index is 0.172. The van der Waals surface area contributed by atoms with Crippen LogP contribution in [0.2, 0.25) is 0 Å². The summed E-state index contributed by atoms with van der Waals surface area (Å²) in [6.45, 7) is 6.19. The summed E-state index contributed by atoms with van der Waals surface area (Å²) in [5.74, 6) is 3.50. The zero-order valence-electron chi connectivity index (χ0n) is 16.2. The van der Waals surface area contributed by atoms with Crippen LogP contribution in [0.4, 0.5) is 0 Å². The molecule has 2 aromatic heterocycles. The summed E-state index contributed by atoms with van der Waals surface area (Å²) >= 11 is 0. The van der Waals surface area contributed by atoms with Gasteiger partial charge in [0.1, 0.15) is 17.3 Å². The Hall–Kier alpha value is -2.77. The van der Waals surface area contributed by atoms with E-state index < -0.39 is 0 Å². The fourth-order valence-corrected chi connectivity index (χ4v) is 3.36. The predicted molar refractivity (Wildman–Crippen MR) is 105 cm³/mol. The van der Waals surface area contributed by atoms with Gasteiger partial charge in [0.2, 0.25) is 0 Å². The number of nitrogens with zero attached hydrogens (tertiary/aromatic N) is 3. The van der Waals surface area contributed by atoms with Crippen LogP contribution in [0, 0.1) is 6.92 Å². The standard InChI is InChI=1S/C21H25N5O2/c1-3-20-24-21(26-25-20)17-12-27-13-18(17)23-10-15-6-7-19(14(2)9-15)28-16-5-4-8-22-11-16/h4-9,11,17-18,23H,3,10,12-13H2,1-2H3,(H,24,25,26)/t17-,18+/m1/s1. The van der Waals surface area contributed by atoms with E-state index >= 15 is 0 Å². The Kier molecular flexibility index (Phi) is 5.64. The van der Waals surface area contributed by atoms with Gasteiger partial charge in [0.15, 0.2) is 5.82 Å². The fraction of sp³-hybridized carbons (Fsp3) is 0.381. The number of pyridine rings is 1. The number of rotatable bonds is 7. The van der Waals surface area contributed by atoms with Gasteiger partial charge in [-0.25, -0.2) is 4.98 Å². The molecule has 2 N–H and O–H groups in total. The number of benzene rings is 1. The highest BCUT2D eigenvalue weighted by Gasteiger charge is 2.32. The quantitative estimate of drug-likeness (QED) is 0.656. The Labute approximate surface area is 164 Å². The number of aromatic amines is 1. The van der Waals surface area contributed by atoms with E-state index in [9.17, 15) is 0 Å². The molecule has 0 aliphatic carbocycles. The average molecular weight is 379 g/mol. The molecule has 7 heteroatoms.